The molecular weight excluding hydrogens is 206 g/mol. The Morgan fingerprint density at radius 2 is 2.06 bits per heavy atom. The molecule has 1 rings (SSSR count). The summed E-state index contributed by atoms with van der Waals surface area (Å²) in [5.74, 6) is 0.220. The standard InChI is InChI=1S/C11H13N3O2/c1-8(13-14-11(12)16)2-3-9-4-6-10(15)7-5-9/h2-7,15H,1H3,(H3,12,14,16)/b3-2-,13-8-. The fourth-order valence-corrected chi connectivity index (χ4v) is 0.983. The van der Waals surface area contributed by atoms with E-state index in [0.717, 1.165) is 5.56 Å². The number of rotatable bonds is 3. The Hall–Kier alpha value is -2.30. The van der Waals surface area contributed by atoms with Gasteiger partial charge in [-0.3, -0.25) is 0 Å². The number of carbonyl (C=O) groups is 1. The van der Waals surface area contributed by atoms with Crippen LogP contribution >= 0.6 is 0 Å². The molecule has 1 aromatic rings. The number of urea groups is 1. The number of hydrogen-bond donors (Lipinski definition) is 3. The average Bonchev–Trinajstić information content (AvgIpc) is 2.25. The van der Waals surface area contributed by atoms with E-state index in [1.165, 1.54) is 0 Å². The van der Waals surface area contributed by atoms with Gasteiger partial charge in [0.15, 0.2) is 0 Å². The van der Waals surface area contributed by atoms with Crippen molar-refractivity contribution in [2.45, 2.75) is 6.92 Å². The minimum Gasteiger partial charge on any atom is -0.508 e. The van der Waals surface area contributed by atoms with Gasteiger partial charge in [-0.25, -0.2) is 10.2 Å². The highest BCUT2D eigenvalue weighted by atomic mass is 16.3. The molecule has 0 fully saturated rings. The van der Waals surface area contributed by atoms with Crippen LogP contribution in [-0.2, 0) is 0 Å². The van der Waals surface area contributed by atoms with Crippen LogP contribution in [0, 0.1) is 0 Å². The van der Waals surface area contributed by atoms with Crippen molar-refractivity contribution in [1.29, 1.82) is 0 Å². The quantitative estimate of drug-likeness (QED) is 0.530. The van der Waals surface area contributed by atoms with Gasteiger partial charge in [0.25, 0.3) is 0 Å². The predicted molar refractivity (Wildman–Crippen MR) is 63.0 cm³/mol. The number of nitrogens with zero attached hydrogens (tertiary/aromatic N) is 1. The normalized spacial score (nSPS) is 11.7. The van der Waals surface area contributed by atoms with Crippen LogP contribution in [0.3, 0.4) is 0 Å². The van der Waals surface area contributed by atoms with Crippen LogP contribution in [0.4, 0.5) is 4.79 Å². The van der Waals surface area contributed by atoms with Crippen molar-refractivity contribution in [3.8, 4) is 5.75 Å². The van der Waals surface area contributed by atoms with Crippen LogP contribution in [0.5, 0.6) is 5.75 Å². The number of amides is 2. The number of phenolic OH excluding ortho intramolecular Hbond substituents is 1. The summed E-state index contributed by atoms with van der Waals surface area (Å²) in [6.07, 6.45) is 3.53. The molecule has 0 saturated carbocycles. The van der Waals surface area contributed by atoms with E-state index in [1.807, 2.05) is 0 Å². The van der Waals surface area contributed by atoms with E-state index in [2.05, 4.69) is 10.5 Å². The first kappa shape index (κ1) is 11.8. The van der Waals surface area contributed by atoms with E-state index in [4.69, 9.17) is 10.8 Å². The van der Waals surface area contributed by atoms with Crippen molar-refractivity contribution >= 4 is 17.8 Å². The first-order chi connectivity index (χ1) is 7.58. The molecule has 0 radical (unpaired) electrons. The van der Waals surface area contributed by atoms with Crippen molar-refractivity contribution in [2.24, 2.45) is 10.8 Å². The zero-order chi connectivity index (χ0) is 12.0. The fraction of sp³-hybridized carbons (Fsp3) is 0.0909. The van der Waals surface area contributed by atoms with Crippen LogP contribution in [0.25, 0.3) is 6.08 Å². The predicted octanol–water partition coefficient (Wildman–Crippen LogP) is 1.45. The molecule has 2 amide bonds. The van der Waals surface area contributed by atoms with E-state index >= 15 is 0 Å². The lowest BCUT2D eigenvalue weighted by molar-refractivity contribution is 0.249. The number of aromatic hydroxyl groups is 1. The summed E-state index contributed by atoms with van der Waals surface area (Å²) in [7, 11) is 0. The van der Waals surface area contributed by atoms with Gasteiger partial charge in [-0.05, 0) is 30.7 Å². The molecule has 84 valence electrons. The number of nitrogens with two attached hydrogens (primary N) is 1. The molecule has 0 aliphatic carbocycles. The number of hydrazone groups is 1. The second kappa shape index (κ2) is 5.55. The maximum atomic E-state index is 10.4. The Labute approximate surface area is 93.3 Å². The SMILES string of the molecule is CC(/C=C\c1ccc(O)cc1)=N/NC(N)=O. The topological polar surface area (TPSA) is 87.7 Å². The Kier molecular flexibility index (Phi) is 4.08. The highest BCUT2D eigenvalue weighted by Crippen LogP contribution is 2.10. The number of phenols is 1. The van der Waals surface area contributed by atoms with Crippen molar-refractivity contribution in [3.63, 3.8) is 0 Å². The lowest BCUT2D eigenvalue weighted by Gasteiger charge is -1.95. The Bertz CT molecular complexity index is 421. The molecule has 16 heavy (non-hydrogen) atoms. The summed E-state index contributed by atoms with van der Waals surface area (Å²) in [4.78, 5) is 10.4. The largest absolute Gasteiger partial charge is 0.508 e. The third-order valence-corrected chi connectivity index (χ3v) is 1.75. The molecule has 0 aromatic heterocycles. The van der Waals surface area contributed by atoms with E-state index < -0.39 is 6.03 Å². The second-order valence-electron chi connectivity index (χ2n) is 3.15. The fourth-order valence-electron chi connectivity index (χ4n) is 0.983. The summed E-state index contributed by atoms with van der Waals surface area (Å²) >= 11 is 0. The number of hydrogen-bond acceptors (Lipinski definition) is 3. The molecular formula is C11H13N3O2. The monoisotopic (exact) mass is 219 g/mol. The Morgan fingerprint density at radius 1 is 1.44 bits per heavy atom. The number of nitrogens with one attached hydrogen (secondary N) is 1. The van der Waals surface area contributed by atoms with Crippen LogP contribution < -0.4 is 11.2 Å². The average molecular weight is 219 g/mol. The zero-order valence-corrected chi connectivity index (χ0v) is 8.84. The van der Waals surface area contributed by atoms with Gasteiger partial charge < -0.3 is 10.8 Å². The highest BCUT2D eigenvalue weighted by molar-refractivity contribution is 5.96. The third-order valence-electron chi connectivity index (χ3n) is 1.75. The van der Waals surface area contributed by atoms with Crippen molar-refractivity contribution < 1.29 is 9.90 Å². The third kappa shape index (κ3) is 4.28. The molecule has 0 spiro atoms. The number of benzene rings is 1. The van der Waals surface area contributed by atoms with Gasteiger partial charge in [0.1, 0.15) is 5.75 Å². The van der Waals surface area contributed by atoms with Crippen LogP contribution in [-0.4, -0.2) is 16.8 Å². The summed E-state index contributed by atoms with van der Waals surface area (Å²) < 4.78 is 0. The zero-order valence-electron chi connectivity index (χ0n) is 8.84. The van der Waals surface area contributed by atoms with E-state index in [9.17, 15) is 4.79 Å². The molecule has 5 heteroatoms. The van der Waals surface area contributed by atoms with Gasteiger partial charge in [-0.2, -0.15) is 5.10 Å². The van der Waals surface area contributed by atoms with Gasteiger partial charge in [-0.1, -0.05) is 18.2 Å². The van der Waals surface area contributed by atoms with Crippen LogP contribution in [0.1, 0.15) is 12.5 Å². The Morgan fingerprint density at radius 3 is 2.62 bits per heavy atom. The van der Waals surface area contributed by atoms with Gasteiger partial charge in [0.05, 0.1) is 5.71 Å². The van der Waals surface area contributed by atoms with Crippen LogP contribution in [0.15, 0.2) is 35.4 Å². The van der Waals surface area contributed by atoms with Gasteiger partial charge >= 0.3 is 6.03 Å². The molecule has 0 unspecified atom stereocenters. The van der Waals surface area contributed by atoms with E-state index in [0.29, 0.717) is 5.71 Å². The summed E-state index contributed by atoms with van der Waals surface area (Å²) in [6, 6.07) is 6.01. The molecule has 0 heterocycles. The number of allylic oxidation sites excluding steroid dienone is 1. The van der Waals surface area contributed by atoms with Gasteiger partial charge in [-0.15, -0.1) is 0 Å². The number of primary amides is 1. The second-order valence-corrected chi connectivity index (χ2v) is 3.15. The Balaban J connectivity index is 2.62. The minimum absolute atomic E-state index is 0.220. The molecule has 0 bridgehead atoms. The summed E-state index contributed by atoms with van der Waals surface area (Å²) in [5, 5.41) is 12.8. The maximum Gasteiger partial charge on any atom is 0.332 e. The van der Waals surface area contributed by atoms with E-state index in [1.54, 1.807) is 43.3 Å². The van der Waals surface area contributed by atoms with Gasteiger partial charge in [0, 0.05) is 0 Å². The minimum atomic E-state index is -0.697. The molecule has 1 aromatic carbocycles. The smallest absolute Gasteiger partial charge is 0.332 e. The lowest BCUT2D eigenvalue weighted by atomic mass is 10.2. The maximum absolute atomic E-state index is 10.4. The van der Waals surface area contributed by atoms with Crippen molar-refractivity contribution in [2.75, 3.05) is 0 Å². The highest BCUT2D eigenvalue weighted by Gasteiger charge is 1.90. The molecule has 0 atom stereocenters. The molecule has 0 aliphatic rings. The molecule has 0 saturated heterocycles. The first-order valence-corrected chi connectivity index (χ1v) is 4.65. The van der Waals surface area contributed by atoms with Crippen molar-refractivity contribution in [1.82, 2.24) is 5.43 Å². The lowest BCUT2D eigenvalue weighted by Crippen LogP contribution is -2.25. The van der Waals surface area contributed by atoms with Crippen LogP contribution in [0.2, 0.25) is 0 Å². The van der Waals surface area contributed by atoms with Crippen molar-refractivity contribution in [3.05, 3.63) is 35.9 Å². The number of carbonyl (C=O) groups excluding carboxylic acids is 1. The van der Waals surface area contributed by atoms with Gasteiger partial charge in [0.2, 0.25) is 0 Å². The molecule has 4 N–H and O–H groups in total. The summed E-state index contributed by atoms with van der Waals surface area (Å²) in [6.45, 7) is 1.73. The summed E-state index contributed by atoms with van der Waals surface area (Å²) in [5.41, 5.74) is 8.52. The molecule has 5 nitrogen and oxygen atoms in total. The molecule has 0 aliphatic heterocycles. The van der Waals surface area contributed by atoms with E-state index in [-0.39, 0.29) is 5.75 Å². The first-order valence-electron chi connectivity index (χ1n) is 4.65.